The Morgan fingerprint density at radius 1 is 1.27 bits per heavy atom. The maximum Gasteiger partial charge on any atom is 0.437 e. The van der Waals surface area contributed by atoms with Gasteiger partial charge in [-0.25, -0.2) is 33.6 Å². The van der Waals surface area contributed by atoms with Gasteiger partial charge in [-0.2, -0.15) is 0 Å². The summed E-state index contributed by atoms with van der Waals surface area (Å²) < 4.78 is 25.3. The fourth-order valence-corrected chi connectivity index (χ4v) is 5.00. The molecule has 2 aliphatic rings. The Balaban J connectivity index is 1.29. The number of fused-ring (bicyclic) bond motifs is 1. The van der Waals surface area contributed by atoms with Gasteiger partial charge in [-0.05, 0) is 12.8 Å². The summed E-state index contributed by atoms with van der Waals surface area (Å²) in [5, 5.41) is 24.8. The molecule has 18 heteroatoms. The SMILES string of the molecule is O=C[C@@H]1CCCN1OC(=O)Nc1ncnc2c1ncn2[C@@H]1O[C@H](COP(=O)(O)n2ccnc2)[C@H](O)C1O. The third-order valence-electron chi connectivity index (χ3n) is 5.99. The second kappa shape index (κ2) is 10.2. The second-order valence-electron chi connectivity index (χ2n) is 8.31. The normalized spacial score (nSPS) is 27.8. The van der Waals surface area contributed by atoms with Gasteiger partial charge >= 0.3 is 13.8 Å². The number of aldehydes is 1. The van der Waals surface area contributed by atoms with Crippen LogP contribution >= 0.6 is 7.75 Å². The van der Waals surface area contributed by atoms with E-state index in [2.05, 4.69) is 25.3 Å². The molecule has 37 heavy (non-hydrogen) atoms. The van der Waals surface area contributed by atoms with Gasteiger partial charge in [-0.15, -0.1) is 5.06 Å². The number of nitrogens with one attached hydrogen (secondary N) is 1. The summed E-state index contributed by atoms with van der Waals surface area (Å²) in [7, 11) is -4.29. The van der Waals surface area contributed by atoms with E-state index in [-0.39, 0.29) is 17.0 Å². The van der Waals surface area contributed by atoms with Crippen molar-refractivity contribution in [1.82, 2.24) is 33.9 Å². The monoisotopic (exact) mass is 538 g/mol. The molecule has 17 nitrogen and oxygen atoms in total. The molecule has 2 unspecified atom stereocenters. The molecule has 3 aromatic rings. The first-order valence-corrected chi connectivity index (χ1v) is 12.7. The standard InChI is InChI=1S/C19H23N8O9P/c28-6-11-2-1-4-27(11)36-19(31)24-16-13-17(22-8-21-16)26(10-23-13)18-15(30)14(29)12(35-18)7-34-37(32,33)25-5-3-20-9-25/h3,5-6,8-12,14-15,18,29-30H,1-2,4,7H2,(H,32,33)(H,21,22,24,31)/t11-,12+,14-,15?,18+/m0/s1. The van der Waals surface area contributed by atoms with E-state index in [1.165, 1.54) is 28.4 Å². The van der Waals surface area contributed by atoms with Crippen molar-refractivity contribution in [3.05, 3.63) is 31.4 Å². The molecule has 0 radical (unpaired) electrons. The van der Waals surface area contributed by atoms with Gasteiger partial charge in [0.05, 0.1) is 12.9 Å². The minimum Gasteiger partial charge on any atom is -0.387 e. The molecule has 3 aromatic heterocycles. The number of hydrogen-bond acceptors (Lipinski definition) is 13. The Morgan fingerprint density at radius 2 is 2.11 bits per heavy atom. The van der Waals surface area contributed by atoms with Crippen molar-refractivity contribution in [1.29, 1.82) is 0 Å². The molecule has 0 saturated carbocycles. The lowest BCUT2D eigenvalue weighted by molar-refractivity contribution is -0.132. The second-order valence-corrected chi connectivity index (χ2v) is 10.0. The van der Waals surface area contributed by atoms with E-state index < -0.39 is 51.0 Å². The molecule has 6 atom stereocenters. The van der Waals surface area contributed by atoms with Gasteiger partial charge in [0.25, 0.3) is 0 Å². The van der Waals surface area contributed by atoms with E-state index in [9.17, 15) is 29.3 Å². The number of rotatable bonds is 8. The number of hydroxylamine groups is 2. The fraction of sp³-hybridized carbons (Fsp3) is 0.474. The Hall–Kier alpha value is -3.31. The summed E-state index contributed by atoms with van der Waals surface area (Å²) >= 11 is 0. The average Bonchev–Trinajstić information content (AvgIpc) is 3.67. The molecule has 0 spiro atoms. The highest BCUT2D eigenvalue weighted by molar-refractivity contribution is 7.51. The smallest absolute Gasteiger partial charge is 0.387 e. The molecule has 0 bridgehead atoms. The Labute approximate surface area is 208 Å². The number of aliphatic hydroxyl groups is 2. The van der Waals surface area contributed by atoms with Crippen LogP contribution in [0.25, 0.3) is 11.2 Å². The highest BCUT2D eigenvalue weighted by atomic mass is 31.2. The summed E-state index contributed by atoms with van der Waals surface area (Å²) in [4.78, 5) is 54.7. The molecule has 1 amide bonds. The highest BCUT2D eigenvalue weighted by Crippen LogP contribution is 2.44. The van der Waals surface area contributed by atoms with E-state index in [4.69, 9.17) is 14.1 Å². The first-order valence-electron chi connectivity index (χ1n) is 11.1. The molecule has 2 saturated heterocycles. The van der Waals surface area contributed by atoms with Gasteiger partial charge in [0, 0.05) is 18.9 Å². The van der Waals surface area contributed by atoms with Crippen LogP contribution in [0.5, 0.6) is 0 Å². The quantitative estimate of drug-likeness (QED) is 0.209. The first kappa shape index (κ1) is 25.3. The van der Waals surface area contributed by atoms with Gasteiger partial charge in [-0.3, -0.25) is 14.4 Å². The van der Waals surface area contributed by atoms with Crippen molar-refractivity contribution in [3.63, 3.8) is 0 Å². The van der Waals surface area contributed by atoms with Crippen LogP contribution in [0.1, 0.15) is 19.1 Å². The van der Waals surface area contributed by atoms with Crippen molar-refractivity contribution in [2.75, 3.05) is 18.5 Å². The lowest BCUT2D eigenvalue weighted by atomic mass is 10.1. The maximum atomic E-state index is 12.4. The Kier molecular flexibility index (Phi) is 7.00. The summed E-state index contributed by atoms with van der Waals surface area (Å²) in [5.74, 6) is 0.00469. The number of imidazole rings is 2. The summed E-state index contributed by atoms with van der Waals surface area (Å²) in [6.45, 7) is -0.0952. The molecule has 5 heterocycles. The van der Waals surface area contributed by atoms with Crippen LogP contribution in [0.15, 0.2) is 31.4 Å². The van der Waals surface area contributed by atoms with Crippen LogP contribution < -0.4 is 5.32 Å². The number of aromatic nitrogens is 6. The largest absolute Gasteiger partial charge is 0.437 e. The number of anilines is 1. The van der Waals surface area contributed by atoms with Crippen LogP contribution in [0.2, 0.25) is 0 Å². The van der Waals surface area contributed by atoms with Gasteiger partial charge < -0.3 is 29.5 Å². The maximum absolute atomic E-state index is 12.4. The van der Waals surface area contributed by atoms with Crippen molar-refractivity contribution in [3.8, 4) is 0 Å². The zero-order valence-electron chi connectivity index (χ0n) is 19.0. The number of amides is 1. The third-order valence-corrected chi connectivity index (χ3v) is 7.29. The first-order chi connectivity index (χ1) is 17.8. The number of carbonyl (C=O) groups is 2. The lowest BCUT2D eigenvalue weighted by Gasteiger charge is -2.19. The van der Waals surface area contributed by atoms with Gasteiger partial charge in [0.2, 0.25) is 0 Å². The van der Waals surface area contributed by atoms with Crippen molar-refractivity contribution in [2.45, 2.75) is 43.4 Å². The summed E-state index contributed by atoms with van der Waals surface area (Å²) in [6, 6.07) is -0.514. The molecule has 2 fully saturated rings. The van der Waals surface area contributed by atoms with Gasteiger partial charge in [0.15, 0.2) is 23.2 Å². The van der Waals surface area contributed by atoms with Crippen molar-refractivity contribution in [2.24, 2.45) is 0 Å². The Bertz CT molecular complexity index is 1320. The van der Waals surface area contributed by atoms with Crippen LogP contribution in [-0.2, 0) is 23.5 Å². The zero-order valence-corrected chi connectivity index (χ0v) is 19.9. The fourth-order valence-electron chi connectivity index (χ4n) is 4.11. The van der Waals surface area contributed by atoms with E-state index in [1.807, 2.05) is 0 Å². The lowest BCUT2D eigenvalue weighted by Crippen LogP contribution is -2.35. The average molecular weight is 538 g/mol. The van der Waals surface area contributed by atoms with E-state index in [0.29, 0.717) is 25.7 Å². The molecule has 0 aromatic carbocycles. The minimum atomic E-state index is -4.29. The Morgan fingerprint density at radius 3 is 2.86 bits per heavy atom. The summed E-state index contributed by atoms with van der Waals surface area (Å²) in [5.41, 5.74) is 0.291. The molecule has 198 valence electrons. The number of hydrogen-bond donors (Lipinski definition) is 4. The molecule has 0 aliphatic carbocycles. The third kappa shape index (κ3) is 4.97. The number of ether oxygens (including phenoxy) is 1. The molecule has 5 rings (SSSR count). The van der Waals surface area contributed by atoms with Crippen LogP contribution in [0.3, 0.4) is 0 Å². The minimum absolute atomic E-state index is 0.00469. The molecule has 4 N–H and O–H groups in total. The van der Waals surface area contributed by atoms with Crippen molar-refractivity contribution >= 4 is 37.1 Å². The van der Waals surface area contributed by atoms with Crippen LogP contribution in [0, 0.1) is 0 Å². The number of nitrogens with zero attached hydrogens (tertiary/aromatic N) is 7. The van der Waals surface area contributed by atoms with Gasteiger partial charge in [-0.1, -0.05) is 0 Å². The van der Waals surface area contributed by atoms with Crippen LogP contribution in [0.4, 0.5) is 10.6 Å². The summed E-state index contributed by atoms with van der Waals surface area (Å²) in [6.07, 6.45) is 1.90. The molecular formula is C19H23N8O9P. The van der Waals surface area contributed by atoms with Crippen LogP contribution in [-0.4, -0.2) is 98.9 Å². The molecular weight excluding hydrogens is 515 g/mol. The topological polar surface area (TPSA) is 216 Å². The molecule has 2 aliphatic heterocycles. The predicted octanol–water partition coefficient (Wildman–Crippen LogP) is -0.566. The van der Waals surface area contributed by atoms with E-state index >= 15 is 0 Å². The zero-order chi connectivity index (χ0) is 26.2. The van der Waals surface area contributed by atoms with Crippen molar-refractivity contribution < 1.29 is 43.4 Å². The van der Waals surface area contributed by atoms with E-state index in [1.54, 1.807) is 0 Å². The number of aliphatic hydroxyl groups excluding tert-OH is 2. The number of carbonyl (C=O) groups excluding carboxylic acids is 2. The van der Waals surface area contributed by atoms with E-state index in [0.717, 1.165) is 17.0 Å². The highest BCUT2D eigenvalue weighted by Gasteiger charge is 2.45. The van der Waals surface area contributed by atoms with Gasteiger partial charge in [0.1, 0.15) is 43.3 Å². The predicted molar refractivity (Wildman–Crippen MR) is 121 cm³/mol.